The Hall–Kier alpha value is -2.16. The summed E-state index contributed by atoms with van der Waals surface area (Å²) in [6, 6.07) is 7.62. The molecule has 1 N–H and O–H groups in total. The van der Waals surface area contributed by atoms with E-state index < -0.39 is 15.9 Å². The first-order chi connectivity index (χ1) is 12.7. The number of pyridine rings is 1. The first kappa shape index (κ1) is 21.1. The number of sulfonamides is 1. The van der Waals surface area contributed by atoms with Gasteiger partial charge in [-0.2, -0.15) is 4.31 Å². The van der Waals surface area contributed by atoms with Crippen molar-refractivity contribution in [2.24, 2.45) is 0 Å². The fourth-order valence-electron chi connectivity index (χ4n) is 2.45. The summed E-state index contributed by atoms with van der Waals surface area (Å²) in [6.07, 6.45) is 1.45. The largest absolute Gasteiger partial charge is 0.363 e. The quantitative estimate of drug-likeness (QED) is 0.758. The lowest BCUT2D eigenvalue weighted by Crippen LogP contribution is -2.30. The summed E-state index contributed by atoms with van der Waals surface area (Å²) in [6.45, 7) is 4.24. The van der Waals surface area contributed by atoms with E-state index in [-0.39, 0.29) is 15.6 Å². The predicted molar refractivity (Wildman–Crippen MR) is 108 cm³/mol. The molecule has 2 aromatic rings. The fourth-order valence-corrected chi connectivity index (χ4v) is 4.10. The minimum absolute atomic E-state index is 0.0759. The maximum Gasteiger partial charge on any atom is 0.257 e. The highest BCUT2D eigenvalue weighted by Crippen LogP contribution is 2.27. The Bertz CT molecular complexity index is 911. The van der Waals surface area contributed by atoms with Crippen LogP contribution in [0.4, 0.5) is 11.5 Å². The number of aromatic nitrogens is 1. The Morgan fingerprint density at radius 1 is 1.15 bits per heavy atom. The van der Waals surface area contributed by atoms with Crippen LogP contribution >= 0.6 is 11.6 Å². The first-order valence-electron chi connectivity index (χ1n) is 8.45. The zero-order valence-corrected chi connectivity index (χ0v) is 17.3. The van der Waals surface area contributed by atoms with Crippen LogP contribution in [0.5, 0.6) is 0 Å². The second-order valence-corrected chi connectivity index (χ2v) is 8.33. The first-order valence-corrected chi connectivity index (χ1v) is 10.3. The Kier molecular flexibility index (Phi) is 6.80. The summed E-state index contributed by atoms with van der Waals surface area (Å²) >= 11 is 6.15. The molecular weight excluding hydrogens is 388 g/mol. The second kappa shape index (κ2) is 8.69. The molecule has 1 amide bonds. The van der Waals surface area contributed by atoms with Crippen molar-refractivity contribution in [2.45, 2.75) is 18.7 Å². The number of nitrogens with zero attached hydrogens (tertiary/aromatic N) is 3. The van der Waals surface area contributed by atoms with Crippen LogP contribution in [0.25, 0.3) is 0 Å². The van der Waals surface area contributed by atoms with Gasteiger partial charge in [0.25, 0.3) is 5.91 Å². The SMILES string of the molecule is CCN(CC)S(=O)(=O)c1ccc(Cl)c(NC(=O)c2ccc(N(C)C)nc2)c1. The molecule has 0 unspecified atom stereocenters. The smallest absolute Gasteiger partial charge is 0.257 e. The lowest BCUT2D eigenvalue weighted by molar-refractivity contribution is 0.102. The molecule has 0 spiro atoms. The molecule has 0 saturated carbocycles. The van der Waals surface area contributed by atoms with E-state index in [9.17, 15) is 13.2 Å². The molecule has 0 radical (unpaired) electrons. The second-order valence-electron chi connectivity index (χ2n) is 5.98. The lowest BCUT2D eigenvalue weighted by Gasteiger charge is -2.19. The van der Waals surface area contributed by atoms with Crippen LogP contribution in [0.2, 0.25) is 5.02 Å². The van der Waals surface area contributed by atoms with Gasteiger partial charge in [-0.15, -0.1) is 0 Å². The van der Waals surface area contributed by atoms with E-state index in [2.05, 4.69) is 10.3 Å². The number of benzene rings is 1. The topological polar surface area (TPSA) is 82.6 Å². The molecule has 1 heterocycles. The molecule has 0 atom stereocenters. The summed E-state index contributed by atoms with van der Waals surface area (Å²) in [7, 11) is 0.0512. The number of rotatable bonds is 7. The Labute approximate surface area is 165 Å². The van der Waals surface area contributed by atoms with Gasteiger partial charge in [-0.05, 0) is 30.3 Å². The van der Waals surface area contributed by atoms with E-state index in [1.807, 2.05) is 19.0 Å². The highest BCUT2D eigenvalue weighted by atomic mass is 35.5. The maximum absolute atomic E-state index is 12.7. The van der Waals surface area contributed by atoms with Gasteiger partial charge < -0.3 is 10.2 Å². The Balaban J connectivity index is 2.30. The maximum atomic E-state index is 12.7. The highest BCUT2D eigenvalue weighted by molar-refractivity contribution is 7.89. The zero-order valence-electron chi connectivity index (χ0n) is 15.7. The molecule has 1 aromatic heterocycles. The van der Waals surface area contributed by atoms with Gasteiger partial charge in [0.05, 0.1) is 21.2 Å². The average molecular weight is 411 g/mol. The molecule has 7 nitrogen and oxygen atoms in total. The van der Waals surface area contributed by atoms with Crippen LogP contribution in [-0.2, 0) is 10.0 Å². The molecule has 0 bridgehead atoms. The van der Waals surface area contributed by atoms with Crippen molar-refractivity contribution < 1.29 is 13.2 Å². The van der Waals surface area contributed by atoms with Gasteiger partial charge in [0.2, 0.25) is 10.0 Å². The van der Waals surface area contributed by atoms with Gasteiger partial charge in [-0.3, -0.25) is 4.79 Å². The number of carbonyl (C=O) groups is 1. The van der Waals surface area contributed by atoms with Crippen LogP contribution in [0.3, 0.4) is 0 Å². The Morgan fingerprint density at radius 2 is 1.81 bits per heavy atom. The van der Waals surface area contributed by atoms with E-state index in [4.69, 9.17) is 11.6 Å². The summed E-state index contributed by atoms with van der Waals surface area (Å²) in [4.78, 5) is 18.6. The van der Waals surface area contributed by atoms with Crippen LogP contribution in [0, 0.1) is 0 Å². The highest BCUT2D eigenvalue weighted by Gasteiger charge is 2.23. The molecule has 0 aliphatic carbocycles. The average Bonchev–Trinajstić information content (AvgIpc) is 2.64. The van der Waals surface area contributed by atoms with Gasteiger partial charge >= 0.3 is 0 Å². The number of anilines is 2. The van der Waals surface area contributed by atoms with Crippen molar-refractivity contribution in [1.82, 2.24) is 9.29 Å². The number of hydrogen-bond acceptors (Lipinski definition) is 5. The van der Waals surface area contributed by atoms with E-state index in [1.165, 1.54) is 28.7 Å². The minimum atomic E-state index is -3.65. The van der Waals surface area contributed by atoms with Crippen molar-refractivity contribution in [3.05, 3.63) is 47.1 Å². The number of halogens is 1. The summed E-state index contributed by atoms with van der Waals surface area (Å²) in [5.74, 6) is 0.295. The summed E-state index contributed by atoms with van der Waals surface area (Å²) in [5, 5.41) is 2.90. The van der Waals surface area contributed by atoms with Crippen molar-refractivity contribution in [3.8, 4) is 0 Å². The molecule has 146 valence electrons. The van der Waals surface area contributed by atoms with Crippen LogP contribution in [0.1, 0.15) is 24.2 Å². The lowest BCUT2D eigenvalue weighted by atomic mass is 10.2. The van der Waals surface area contributed by atoms with Crippen molar-refractivity contribution in [2.75, 3.05) is 37.4 Å². The standard InChI is InChI=1S/C18H23ClN4O3S/c1-5-23(6-2)27(25,26)14-8-9-15(19)16(11-14)21-18(24)13-7-10-17(20-12-13)22(3)4/h7-12H,5-6H2,1-4H3,(H,21,24). The van der Waals surface area contributed by atoms with E-state index >= 15 is 0 Å². The number of carbonyl (C=O) groups excluding carboxylic acids is 1. The Morgan fingerprint density at radius 3 is 2.33 bits per heavy atom. The molecule has 0 aliphatic rings. The van der Waals surface area contributed by atoms with E-state index in [1.54, 1.807) is 26.0 Å². The minimum Gasteiger partial charge on any atom is -0.363 e. The summed E-state index contributed by atoms with van der Waals surface area (Å²) in [5.41, 5.74) is 0.570. The van der Waals surface area contributed by atoms with Crippen LogP contribution < -0.4 is 10.2 Å². The number of amides is 1. The fraction of sp³-hybridized carbons (Fsp3) is 0.333. The molecule has 0 aliphatic heterocycles. The molecular formula is C18H23ClN4O3S. The predicted octanol–water partition coefficient (Wildman–Crippen LogP) is 3.08. The molecule has 9 heteroatoms. The van der Waals surface area contributed by atoms with Gasteiger partial charge in [-0.1, -0.05) is 25.4 Å². The number of hydrogen-bond donors (Lipinski definition) is 1. The van der Waals surface area contributed by atoms with Crippen LogP contribution in [0.15, 0.2) is 41.4 Å². The van der Waals surface area contributed by atoms with E-state index in [0.29, 0.717) is 18.7 Å². The monoisotopic (exact) mass is 410 g/mol. The van der Waals surface area contributed by atoms with Gasteiger partial charge in [-0.25, -0.2) is 13.4 Å². The summed E-state index contributed by atoms with van der Waals surface area (Å²) < 4.78 is 26.7. The van der Waals surface area contributed by atoms with Crippen LogP contribution in [-0.4, -0.2) is 50.8 Å². The van der Waals surface area contributed by atoms with E-state index in [0.717, 1.165) is 5.82 Å². The normalized spacial score (nSPS) is 11.5. The van der Waals surface area contributed by atoms with Gasteiger partial charge in [0, 0.05) is 33.4 Å². The van der Waals surface area contributed by atoms with Crippen molar-refractivity contribution in [1.29, 1.82) is 0 Å². The third kappa shape index (κ3) is 4.77. The molecule has 0 fully saturated rings. The third-order valence-corrected chi connectivity index (χ3v) is 6.37. The number of nitrogens with one attached hydrogen (secondary N) is 1. The zero-order chi connectivity index (χ0) is 20.2. The van der Waals surface area contributed by atoms with Crippen molar-refractivity contribution >= 4 is 39.0 Å². The van der Waals surface area contributed by atoms with Gasteiger partial charge in [0.1, 0.15) is 5.82 Å². The van der Waals surface area contributed by atoms with Gasteiger partial charge in [0.15, 0.2) is 0 Å². The molecule has 27 heavy (non-hydrogen) atoms. The molecule has 1 aromatic carbocycles. The molecule has 2 rings (SSSR count). The molecule has 0 saturated heterocycles. The third-order valence-electron chi connectivity index (χ3n) is 4.00. The van der Waals surface area contributed by atoms with Crippen molar-refractivity contribution in [3.63, 3.8) is 0 Å².